The summed E-state index contributed by atoms with van der Waals surface area (Å²) in [6.45, 7) is 0. The topological polar surface area (TPSA) is 33.2 Å². The minimum atomic E-state index is -0.0608. The van der Waals surface area contributed by atoms with E-state index in [1.807, 2.05) is 6.07 Å². The highest BCUT2D eigenvalue weighted by Crippen LogP contribution is 2.18. The van der Waals surface area contributed by atoms with E-state index in [0.29, 0.717) is 10.6 Å². The zero-order valence-electron chi connectivity index (χ0n) is 9.07. The summed E-state index contributed by atoms with van der Waals surface area (Å²) in [4.78, 5) is 17.5. The Morgan fingerprint density at radius 3 is 2.75 bits per heavy atom. The molecule has 0 aliphatic heterocycles. The van der Waals surface area contributed by atoms with Crippen LogP contribution >= 0.6 is 11.6 Å². The fourth-order valence-corrected chi connectivity index (χ4v) is 1.66. The van der Waals surface area contributed by atoms with E-state index in [2.05, 4.69) is 4.98 Å². The molecule has 82 valence electrons. The summed E-state index contributed by atoms with van der Waals surface area (Å²) in [6.07, 6.45) is 1.58. The number of pyridine rings is 1. The highest BCUT2D eigenvalue weighted by Gasteiger charge is 2.09. The van der Waals surface area contributed by atoms with Gasteiger partial charge in [-0.2, -0.15) is 0 Å². The van der Waals surface area contributed by atoms with Crippen LogP contribution in [0.1, 0.15) is 10.4 Å². The lowest BCUT2D eigenvalue weighted by Gasteiger charge is -2.10. The summed E-state index contributed by atoms with van der Waals surface area (Å²) in [7, 11) is 3.43. The number of carbonyl (C=O) groups is 1. The number of benzene rings is 1. The first kappa shape index (κ1) is 10.9. The number of hydrogen-bond acceptors (Lipinski definition) is 2. The summed E-state index contributed by atoms with van der Waals surface area (Å²) < 4.78 is 0. The maximum Gasteiger partial charge on any atom is 0.254 e. The van der Waals surface area contributed by atoms with Gasteiger partial charge in [0.05, 0.1) is 11.1 Å². The molecule has 0 unspecified atom stereocenters. The van der Waals surface area contributed by atoms with Crippen LogP contribution in [0.3, 0.4) is 0 Å². The van der Waals surface area contributed by atoms with E-state index in [0.717, 1.165) is 10.9 Å². The van der Waals surface area contributed by atoms with Crippen molar-refractivity contribution in [2.45, 2.75) is 0 Å². The Bertz CT molecular complexity index is 552. The maximum atomic E-state index is 11.7. The van der Waals surface area contributed by atoms with Gasteiger partial charge in [0, 0.05) is 30.7 Å². The molecule has 0 N–H and O–H groups in total. The maximum absolute atomic E-state index is 11.7. The Balaban J connectivity index is 2.55. The lowest BCUT2D eigenvalue weighted by atomic mass is 10.1. The Kier molecular flexibility index (Phi) is 2.79. The third kappa shape index (κ3) is 1.99. The van der Waals surface area contributed by atoms with Gasteiger partial charge in [-0.05, 0) is 24.3 Å². The van der Waals surface area contributed by atoms with Crippen LogP contribution in [0, 0.1) is 0 Å². The monoisotopic (exact) mass is 234 g/mol. The fraction of sp³-hybridized carbons (Fsp3) is 0.167. The molecule has 0 bridgehead atoms. The van der Waals surface area contributed by atoms with Crippen LogP contribution in [0.15, 0.2) is 30.5 Å². The van der Waals surface area contributed by atoms with Gasteiger partial charge in [-0.25, -0.2) is 0 Å². The van der Waals surface area contributed by atoms with Crippen LogP contribution in [0.5, 0.6) is 0 Å². The van der Waals surface area contributed by atoms with Gasteiger partial charge in [-0.3, -0.25) is 9.78 Å². The molecule has 0 aliphatic carbocycles. The minimum absolute atomic E-state index is 0.0608. The van der Waals surface area contributed by atoms with Crippen LogP contribution < -0.4 is 0 Å². The van der Waals surface area contributed by atoms with E-state index in [1.165, 1.54) is 4.90 Å². The smallest absolute Gasteiger partial charge is 0.254 e. The molecule has 0 saturated heterocycles. The third-order valence-electron chi connectivity index (χ3n) is 2.30. The van der Waals surface area contributed by atoms with Gasteiger partial charge in [0.1, 0.15) is 0 Å². The normalized spacial score (nSPS) is 10.4. The lowest BCUT2D eigenvalue weighted by Crippen LogP contribution is -2.21. The molecule has 2 rings (SSSR count). The van der Waals surface area contributed by atoms with Crippen molar-refractivity contribution in [1.29, 1.82) is 0 Å². The van der Waals surface area contributed by atoms with Crippen molar-refractivity contribution in [3.8, 4) is 0 Å². The first-order chi connectivity index (χ1) is 7.58. The highest BCUT2D eigenvalue weighted by atomic mass is 35.5. The second kappa shape index (κ2) is 4.10. The average molecular weight is 235 g/mol. The average Bonchev–Trinajstić information content (AvgIpc) is 2.26. The van der Waals surface area contributed by atoms with Crippen LogP contribution in [0.4, 0.5) is 0 Å². The molecule has 2 aromatic rings. The molecule has 0 atom stereocenters. The molecule has 0 radical (unpaired) electrons. The molecule has 1 heterocycles. The molecule has 0 aliphatic rings. The van der Waals surface area contributed by atoms with Crippen molar-refractivity contribution in [3.05, 3.63) is 41.0 Å². The van der Waals surface area contributed by atoms with Gasteiger partial charge in [-0.15, -0.1) is 0 Å². The van der Waals surface area contributed by atoms with Crippen LogP contribution in [-0.4, -0.2) is 29.9 Å². The number of amides is 1. The van der Waals surface area contributed by atoms with Crippen molar-refractivity contribution in [1.82, 2.24) is 9.88 Å². The summed E-state index contributed by atoms with van der Waals surface area (Å²) in [5.41, 5.74) is 1.40. The lowest BCUT2D eigenvalue weighted by molar-refractivity contribution is 0.0827. The quantitative estimate of drug-likeness (QED) is 0.760. The molecule has 3 nitrogen and oxygen atoms in total. The van der Waals surface area contributed by atoms with Crippen LogP contribution in [-0.2, 0) is 0 Å². The SMILES string of the molecule is CN(C)C(=O)c1cnc2ccc(Cl)cc2c1. The number of aromatic nitrogens is 1. The van der Waals surface area contributed by atoms with E-state index in [-0.39, 0.29) is 5.91 Å². The predicted octanol–water partition coefficient (Wildman–Crippen LogP) is 2.59. The predicted molar refractivity (Wildman–Crippen MR) is 64.8 cm³/mol. The van der Waals surface area contributed by atoms with Gasteiger partial charge in [-0.1, -0.05) is 11.6 Å². The van der Waals surface area contributed by atoms with Crippen molar-refractivity contribution >= 4 is 28.4 Å². The number of halogens is 1. The molecule has 0 saturated carbocycles. The largest absolute Gasteiger partial charge is 0.345 e. The molecular weight excluding hydrogens is 224 g/mol. The number of carbonyl (C=O) groups excluding carboxylic acids is 1. The van der Waals surface area contributed by atoms with E-state index in [9.17, 15) is 4.79 Å². The van der Waals surface area contributed by atoms with E-state index in [4.69, 9.17) is 11.6 Å². The molecule has 1 aromatic carbocycles. The summed E-state index contributed by atoms with van der Waals surface area (Å²) in [6, 6.07) is 7.22. The zero-order valence-corrected chi connectivity index (χ0v) is 9.82. The van der Waals surface area contributed by atoms with Gasteiger partial charge in [0.25, 0.3) is 5.91 Å². The molecule has 1 amide bonds. The second-order valence-electron chi connectivity index (χ2n) is 3.76. The Labute approximate surface area is 98.7 Å². The van der Waals surface area contributed by atoms with Gasteiger partial charge in [0.2, 0.25) is 0 Å². The van der Waals surface area contributed by atoms with E-state index >= 15 is 0 Å². The van der Waals surface area contributed by atoms with Crippen molar-refractivity contribution in [2.75, 3.05) is 14.1 Å². The molecule has 16 heavy (non-hydrogen) atoms. The number of fused-ring (bicyclic) bond motifs is 1. The van der Waals surface area contributed by atoms with Crippen LogP contribution in [0.25, 0.3) is 10.9 Å². The third-order valence-corrected chi connectivity index (χ3v) is 2.53. The minimum Gasteiger partial charge on any atom is -0.345 e. The number of nitrogens with zero attached hydrogens (tertiary/aromatic N) is 2. The molecular formula is C12H11ClN2O. The Hall–Kier alpha value is -1.61. The van der Waals surface area contributed by atoms with Crippen molar-refractivity contribution in [3.63, 3.8) is 0 Å². The standard InChI is InChI=1S/C12H11ClN2O/c1-15(2)12(16)9-5-8-6-10(13)3-4-11(8)14-7-9/h3-7H,1-2H3. The van der Waals surface area contributed by atoms with Gasteiger partial charge < -0.3 is 4.90 Å². The van der Waals surface area contributed by atoms with Crippen molar-refractivity contribution in [2.24, 2.45) is 0 Å². The van der Waals surface area contributed by atoms with E-state index in [1.54, 1.807) is 38.5 Å². The molecule has 4 heteroatoms. The second-order valence-corrected chi connectivity index (χ2v) is 4.20. The first-order valence-electron chi connectivity index (χ1n) is 4.85. The first-order valence-corrected chi connectivity index (χ1v) is 5.22. The molecule has 1 aromatic heterocycles. The molecule has 0 spiro atoms. The summed E-state index contributed by atoms with van der Waals surface area (Å²) >= 11 is 5.89. The van der Waals surface area contributed by atoms with Gasteiger partial charge in [0.15, 0.2) is 0 Å². The van der Waals surface area contributed by atoms with Crippen molar-refractivity contribution < 1.29 is 4.79 Å². The summed E-state index contributed by atoms with van der Waals surface area (Å²) in [5, 5.41) is 1.52. The molecule has 0 fully saturated rings. The Morgan fingerprint density at radius 1 is 1.31 bits per heavy atom. The number of rotatable bonds is 1. The highest BCUT2D eigenvalue weighted by molar-refractivity contribution is 6.31. The Morgan fingerprint density at radius 2 is 2.06 bits per heavy atom. The summed E-state index contributed by atoms with van der Waals surface area (Å²) in [5.74, 6) is -0.0608. The van der Waals surface area contributed by atoms with Gasteiger partial charge >= 0.3 is 0 Å². The fourth-order valence-electron chi connectivity index (χ4n) is 1.48. The zero-order chi connectivity index (χ0) is 11.7. The van der Waals surface area contributed by atoms with E-state index < -0.39 is 0 Å². The number of hydrogen-bond donors (Lipinski definition) is 0. The van der Waals surface area contributed by atoms with Crippen LogP contribution in [0.2, 0.25) is 5.02 Å².